The number of aromatic nitrogens is 1. The molecule has 1 aromatic heterocycles. The van der Waals surface area contributed by atoms with Crippen molar-refractivity contribution in [3.05, 3.63) is 58.7 Å². The van der Waals surface area contributed by atoms with Gasteiger partial charge in [-0.15, -0.1) is 0 Å². The Balaban J connectivity index is 2.15. The molecule has 0 aliphatic heterocycles. The lowest BCUT2D eigenvalue weighted by Crippen LogP contribution is -2.15. The average molecular weight is 365 g/mol. The van der Waals surface area contributed by atoms with E-state index in [0.29, 0.717) is 16.5 Å². The SMILES string of the molecule is Cc1cc(Cl)cc(S(=O)(=O)Nc2c(C(=O)O)[nH]c3ccccc23)c1. The number of benzene rings is 2. The number of para-hydroxylation sites is 1. The van der Waals surface area contributed by atoms with Crippen LogP contribution in [-0.4, -0.2) is 24.5 Å². The standard InChI is InChI=1S/C16H13ClN2O4S/c1-9-6-10(17)8-11(7-9)24(22,23)19-14-12-4-2-3-5-13(12)18-15(14)16(20)21/h2-8,18-19H,1H3,(H,20,21). The molecule has 8 heteroatoms. The largest absolute Gasteiger partial charge is 0.477 e. The lowest BCUT2D eigenvalue weighted by atomic mass is 10.2. The fourth-order valence-corrected chi connectivity index (χ4v) is 4.04. The summed E-state index contributed by atoms with van der Waals surface area (Å²) in [5, 5.41) is 10.1. The number of carboxylic acid groups (broad SMARTS) is 1. The van der Waals surface area contributed by atoms with Crippen LogP contribution in [0.4, 0.5) is 5.69 Å². The van der Waals surface area contributed by atoms with Crippen LogP contribution in [-0.2, 0) is 10.0 Å². The summed E-state index contributed by atoms with van der Waals surface area (Å²) in [7, 11) is -3.99. The van der Waals surface area contributed by atoms with Crippen LogP contribution in [0.25, 0.3) is 10.9 Å². The molecule has 0 bridgehead atoms. The minimum absolute atomic E-state index is 0.00396. The molecule has 0 atom stereocenters. The second-order valence-corrected chi connectivity index (χ2v) is 7.41. The van der Waals surface area contributed by atoms with Crippen LogP contribution in [0.1, 0.15) is 16.1 Å². The molecule has 1 heterocycles. The molecule has 0 aliphatic rings. The van der Waals surface area contributed by atoms with Crippen molar-refractivity contribution in [3.8, 4) is 0 Å². The predicted octanol–water partition coefficient (Wildman–Crippen LogP) is 3.63. The summed E-state index contributed by atoms with van der Waals surface area (Å²) >= 11 is 5.92. The predicted molar refractivity (Wildman–Crippen MR) is 92.3 cm³/mol. The third-order valence-electron chi connectivity index (χ3n) is 3.48. The first kappa shape index (κ1) is 16.4. The van der Waals surface area contributed by atoms with Crippen LogP contribution in [0, 0.1) is 6.92 Å². The summed E-state index contributed by atoms with van der Waals surface area (Å²) in [6.45, 7) is 1.72. The summed E-state index contributed by atoms with van der Waals surface area (Å²) < 4.78 is 27.7. The number of nitrogens with one attached hydrogen (secondary N) is 2. The van der Waals surface area contributed by atoms with E-state index in [9.17, 15) is 18.3 Å². The maximum Gasteiger partial charge on any atom is 0.354 e. The number of anilines is 1. The molecular formula is C16H13ClN2O4S. The molecule has 0 amide bonds. The van der Waals surface area contributed by atoms with Gasteiger partial charge in [0, 0.05) is 15.9 Å². The van der Waals surface area contributed by atoms with Crippen molar-refractivity contribution >= 4 is 44.2 Å². The zero-order valence-corrected chi connectivity index (χ0v) is 14.1. The van der Waals surface area contributed by atoms with E-state index in [1.165, 1.54) is 12.1 Å². The quantitative estimate of drug-likeness (QED) is 0.658. The number of carbonyl (C=O) groups is 1. The first-order valence-electron chi connectivity index (χ1n) is 6.92. The molecule has 0 radical (unpaired) electrons. The zero-order chi connectivity index (χ0) is 17.5. The highest BCUT2D eigenvalue weighted by molar-refractivity contribution is 7.92. The zero-order valence-electron chi connectivity index (χ0n) is 12.5. The molecule has 6 nitrogen and oxygen atoms in total. The lowest BCUT2D eigenvalue weighted by molar-refractivity contribution is 0.0692. The van der Waals surface area contributed by atoms with Crippen molar-refractivity contribution in [2.75, 3.05) is 4.72 Å². The highest BCUT2D eigenvalue weighted by Crippen LogP contribution is 2.30. The van der Waals surface area contributed by atoms with Crippen molar-refractivity contribution in [1.82, 2.24) is 4.98 Å². The maximum absolute atomic E-state index is 12.6. The normalized spacial score (nSPS) is 11.6. The number of sulfonamides is 1. The van der Waals surface area contributed by atoms with Crippen molar-refractivity contribution in [1.29, 1.82) is 0 Å². The van der Waals surface area contributed by atoms with Crippen LogP contribution >= 0.6 is 11.6 Å². The summed E-state index contributed by atoms with van der Waals surface area (Å²) in [6.07, 6.45) is 0. The van der Waals surface area contributed by atoms with Gasteiger partial charge in [0.2, 0.25) is 0 Å². The maximum atomic E-state index is 12.6. The lowest BCUT2D eigenvalue weighted by Gasteiger charge is -2.09. The highest BCUT2D eigenvalue weighted by Gasteiger charge is 2.23. The Morgan fingerprint density at radius 2 is 1.92 bits per heavy atom. The molecule has 0 spiro atoms. The van der Waals surface area contributed by atoms with Gasteiger partial charge in [-0.2, -0.15) is 0 Å². The van der Waals surface area contributed by atoms with Gasteiger partial charge in [0.05, 0.1) is 10.6 Å². The van der Waals surface area contributed by atoms with Gasteiger partial charge in [0.25, 0.3) is 10.0 Å². The topological polar surface area (TPSA) is 99.3 Å². The number of aromatic amines is 1. The minimum atomic E-state index is -3.99. The molecule has 3 aromatic rings. The van der Waals surface area contributed by atoms with Gasteiger partial charge in [0.15, 0.2) is 0 Å². The first-order valence-corrected chi connectivity index (χ1v) is 8.78. The monoisotopic (exact) mass is 364 g/mol. The Morgan fingerprint density at radius 1 is 1.21 bits per heavy atom. The van der Waals surface area contributed by atoms with Crippen molar-refractivity contribution in [2.24, 2.45) is 0 Å². The number of halogens is 1. The third-order valence-corrected chi connectivity index (χ3v) is 5.03. The number of hydrogen-bond donors (Lipinski definition) is 3. The molecule has 0 fully saturated rings. The molecule has 0 unspecified atom stereocenters. The van der Waals surface area contributed by atoms with Crippen LogP contribution in [0.5, 0.6) is 0 Å². The summed E-state index contributed by atoms with van der Waals surface area (Å²) in [5.41, 5.74) is 0.976. The number of H-pyrrole nitrogens is 1. The Hall–Kier alpha value is -2.51. The molecule has 0 saturated heterocycles. The van der Waals surface area contributed by atoms with E-state index in [2.05, 4.69) is 9.71 Å². The summed E-state index contributed by atoms with van der Waals surface area (Å²) in [5.74, 6) is -1.26. The van der Waals surface area contributed by atoms with Gasteiger partial charge in [-0.1, -0.05) is 29.8 Å². The molecular weight excluding hydrogens is 352 g/mol. The van der Waals surface area contributed by atoms with E-state index < -0.39 is 16.0 Å². The molecule has 3 rings (SSSR count). The Morgan fingerprint density at radius 3 is 2.58 bits per heavy atom. The first-order chi connectivity index (χ1) is 11.3. The van der Waals surface area contributed by atoms with Crippen molar-refractivity contribution in [3.63, 3.8) is 0 Å². The van der Waals surface area contributed by atoms with E-state index in [-0.39, 0.29) is 21.3 Å². The number of aryl methyl sites for hydroxylation is 1. The third kappa shape index (κ3) is 2.95. The molecule has 2 aromatic carbocycles. The van der Waals surface area contributed by atoms with Gasteiger partial charge in [-0.05, 0) is 36.8 Å². The van der Waals surface area contributed by atoms with Gasteiger partial charge in [-0.25, -0.2) is 13.2 Å². The highest BCUT2D eigenvalue weighted by atomic mass is 35.5. The van der Waals surface area contributed by atoms with Crippen LogP contribution in [0.15, 0.2) is 47.4 Å². The number of aromatic carboxylic acids is 1. The Labute approximate surface area is 143 Å². The number of fused-ring (bicyclic) bond motifs is 1. The van der Waals surface area contributed by atoms with E-state index in [1.807, 2.05) is 0 Å². The number of hydrogen-bond acceptors (Lipinski definition) is 3. The van der Waals surface area contributed by atoms with E-state index in [0.717, 1.165) is 0 Å². The molecule has 0 aliphatic carbocycles. The molecule has 24 heavy (non-hydrogen) atoms. The van der Waals surface area contributed by atoms with E-state index in [1.54, 1.807) is 37.3 Å². The Kier molecular flexibility index (Phi) is 3.98. The van der Waals surface area contributed by atoms with Crippen LogP contribution in [0.2, 0.25) is 5.02 Å². The molecule has 3 N–H and O–H groups in total. The van der Waals surface area contributed by atoms with Crippen LogP contribution < -0.4 is 4.72 Å². The average Bonchev–Trinajstić information content (AvgIpc) is 2.85. The fourth-order valence-electron chi connectivity index (χ4n) is 2.46. The van der Waals surface area contributed by atoms with Gasteiger partial charge < -0.3 is 10.1 Å². The summed E-state index contributed by atoms with van der Waals surface area (Å²) in [6, 6.07) is 11.1. The van der Waals surface area contributed by atoms with E-state index in [4.69, 9.17) is 11.6 Å². The number of rotatable bonds is 4. The molecule has 0 saturated carbocycles. The fraction of sp³-hybridized carbons (Fsp3) is 0.0625. The van der Waals surface area contributed by atoms with Crippen molar-refractivity contribution < 1.29 is 18.3 Å². The second kappa shape index (κ2) is 5.85. The molecule has 124 valence electrons. The number of carboxylic acids is 1. The summed E-state index contributed by atoms with van der Waals surface area (Å²) in [4.78, 5) is 14.1. The smallest absolute Gasteiger partial charge is 0.354 e. The van der Waals surface area contributed by atoms with Crippen molar-refractivity contribution in [2.45, 2.75) is 11.8 Å². The van der Waals surface area contributed by atoms with Crippen LogP contribution in [0.3, 0.4) is 0 Å². The van der Waals surface area contributed by atoms with Gasteiger partial charge in [0.1, 0.15) is 5.69 Å². The Bertz CT molecular complexity index is 1040. The minimum Gasteiger partial charge on any atom is -0.477 e. The second-order valence-electron chi connectivity index (χ2n) is 5.30. The van der Waals surface area contributed by atoms with Gasteiger partial charge in [-0.3, -0.25) is 4.72 Å². The van der Waals surface area contributed by atoms with Gasteiger partial charge >= 0.3 is 5.97 Å². The van der Waals surface area contributed by atoms with E-state index >= 15 is 0 Å².